The smallest absolute Gasteiger partial charge is 0.304 e. The largest absolute Gasteiger partial charge is 0.489 e. The molecule has 0 amide bonds. The Morgan fingerprint density at radius 2 is 2.00 bits per heavy atom. The van der Waals surface area contributed by atoms with E-state index in [4.69, 9.17) is 16.3 Å². The number of halogens is 1. The number of nitrogens with zero attached hydrogens (tertiary/aromatic N) is 4. The summed E-state index contributed by atoms with van der Waals surface area (Å²) >= 11 is 6.83. The molecule has 0 saturated carbocycles. The van der Waals surface area contributed by atoms with Gasteiger partial charge in [0, 0.05) is 37.7 Å². The predicted molar refractivity (Wildman–Crippen MR) is 149 cm³/mol. The van der Waals surface area contributed by atoms with Gasteiger partial charge in [0.1, 0.15) is 17.4 Å². The lowest BCUT2D eigenvalue weighted by atomic mass is 9.86. The van der Waals surface area contributed by atoms with Gasteiger partial charge in [-0.15, -0.1) is 5.10 Å². The third-order valence-corrected chi connectivity index (χ3v) is 7.85. The molecule has 4 aromatic rings. The summed E-state index contributed by atoms with van der Waals surface area (Å²) in [7, 11) is 0. The number of benzene rings is 3. The number of carboxylic acid groups (broad SMARTS) is 1. The standard InChI is InChI=1S/C30H33ClN4O3/c1-4-23-18-34(16-21-8-6-7-9-27(21)38-23)17-22-14-20(11-10-19(22)3)25(15-28(36)37)24-12-13-26-30(29(24)31)32-33-35(26)5-2/h6-14,23,25H,4-5,15-18H2,1-3H3,(H,36,37)/t23-,25?/m1/s1. The first-order valence-corrected chi connectivity index (χ1v) is 13.5. The van der Waals surface area contributed by atoms with Crippen LogP contribution in [-0.4, -0.2) is 43.6 Å². The van der Waals surface area contributed by atoms with E-state index in [1.165, 1.54) is 16.7 Å². The number of para-hydroxylation sites is 1. The average molecular weight is 533 g/mol. The van der Waals surface area contributed by atoms with Gasteiger partial charge in [-0.2, -0.15) is 0 Å². The molecule has 0 spiro atoms. The topological polar surface area (TPSA) is 80.5 Å². The summed E-state index contributed by atoms with van der Waals surface area (Å²) in [5.74, 6) is -0.330. The first-order valence-electron chi connectivity index (χ1n) is 13.2. The number of fused-ring (bicyclic) bond motifs is 2. The normalized spacial score (nSPS) is 16.6. The fourth-order valence-corrected chi connectivity index (χ4v) is 5.65. The Kier molecular flexibility index (Phi) is 7.68. The van der Waals surface area contributed by atoms with Crippen molar-refractivity contribution in [2.75, 3.05) is 6.54 Å². The van der Waals surface area contributed by atoms with E-state index in [1.54, 1.807) is 4.68 Å². The molecule has 198 valence electrons. The number of rotatable bonds is 8. The minimum absolute atomic E-state index is 0.0710. The molecule has 2 heterocycles. The van der Waals surface area contributed by atoms with Crippen molar-refractivity contribution < 1.29 is 14.6 Å². The summed E-state index contributed by atoms with van der Waals surface area (Å²) in [5, 5.41) is 18.7. The number of carbonyl (C=O) groups is 1. The molecule has 0 bridgehead atoms. The van der Waals surface area contributed by atoms with Crippen LogP contribution in [0, 0.1) is 6.92 Å². The van der Waals surface area contributed by atoms with E-state index in [0.29, 0.717) is 17.1 Å². The number of hydrogen-bond acceptors (Lipinski definition) is 5. The molecule has 1 aromatic heterocycles. The van der Waals surface area contributed by atoms with Crippen molar-refractivity contribution in [3.63, 3.8) is 0 Å². The molecule has 1 unspecified atom stereocenters. The first-order chi connectivity index (χ1) is 18.4. The number of aliphatic carboxylic acids is 1. The third-order valence-electron chi connectivity index (χ3n) is 7.46. The van der Waals surface area contributed by atoms with Crippen LogP contribution in [0.4, 0.5) is 0 Å². The summed E-state index contributed by atoms with van der Waals surface area (Å²) in [6, 6.07) is 18.3. The monoisotopic (exact) mass is 532 g/mol. The maximum Gasteiger partial charge on any atom is 0.304 e. The summed E-state index contributed by atoms with van der Waals surface area (Å²) in [6.45, 7) is 9.29. The Morgan fingerprint density at radius 1 is 1.18 bits per heavy atom. The molecule has 7 nitrogen and oxygen atoms in total. The fourth-order valence-electron chi connectivity index (χ4n) is 5.32. The second-order valence-corrected chi connectivity index (χ2v) is 10.4. The Morgan fingerprint density at radius 3 is 2.76 bits per heavy atom. The second kappa shape index (κ2) is 11.1. The first kappa shape index (κ1) is 26.2. The molecular formula is C30H33ClN4O3. The van der Waals surface area contributed by atoms with Crippen LogP contribution < -0.4 is 4.74 Å². The van der Waals surface area contributed by atoms with E-state index in [2.05, 4.69) is 53.3 Å². The van der Waals surface area contributed by atoms with Crippen LogP contribution in [-0.2, 0) is 24.4 Å². The van der Waals surface area contributed by atoms with Gasteiger partial charge in [-0.1, -0.05) is 66.2 Å². The minimum Gasteiger partial charge on any atom is -0.489 e. The highest BCUT2D eigenvalue weighted by Crippen LogP contribution is 2.37. The Hall–Kier alpha value is -3.42. The molecule has 0 saturated heterocycles. The fraction of sp³-hybridized carbons (Fsp3) is 0.367. The molecule has 3 aromatic carbocycles. The van der Waals surface area contributed by atoms with Crippen LogP contribution in [0.1, 0.15) is 60.4 Å². The van der Waals surface area contributed by atoms with E-state index >= 15 is 0 Å². The van der Waals surface area contributed by atoms with Crippen LogP contribution in [0.3, 0.4) is 0 Å². The van der Waals surface area contributed by atoms with Gasteiger partial charge >= 0.3 is 5.97 Å². The van der Waals surface area contributed by atoms with E-state index in [1.807, 2.05) is 37.3 Å². The third kappa shape index (κ3) is 5.26. The number of aromatic nitrogens is 3. The van der Waals surface area contributed by atoms with Crippen molar-refractivity contribution in [2.45, 2.75) is 65.3 Å². The Labute approximate surface area is 228 Å². The Balaban J connectivity index is 1.50. The molecule has 1 aliphatic heterocycles. The maximum atomic E-state index is 12.0. The van der Waals surface area contributed by atoms with Crippen molar-refractivity contribution >= 4 is 28.6 Å². The van der Waals surface area contributed by atoms with Crippen molar-refractivity contribution in [1.82, 2.24) is 19.9 Å². The number of carboxylic acids is 1. The predicted octanol–water partition coefficient (Wildman–Crippen LogP) is 6.19. The highest BCUT2D eigenvalue weighted by Gasteiger charge is 2.25. The molecule has 2 atom stereocenters. The minimum atomic E-state index is -0.877. The zero-order valence-electron chi connectivity index (χ0n) is 22.0. The number of aryl methyl sites for hydroxylation is 2. The maximum absolute atomic E-state index is 12.0. The van der Waals surface area contributed by atoms with Crippen molar-refractivity contribution in [2.24, 2.45) is 0 Å². The summed E-state index contributed by atoms with van der Waals surface area (Å²) in [6.07, 6.45) is 0.969. The van der Waals surface area contributed by atoms with E-state index in [0.717, 1.165) is 48.4 Å². The van der Waals surface area contributed by atoms with Gasteiger partial charge in [-0.05, 0) is 54.7 Å². The van der Waals surface area contributed by atoms with Gasteiger partial charge in [-0.25, -0.2) is 4.68 Å². The zero-order chi connectivity index (χ0) is 26.8. The van der Waals surface area contributed by atoms with Crippen LogP contribution in [0.2, 0.25) is 5.02 Å². The molecule has 8 heteroatoms. The molecule has 38 heavy (non-hydrogen) atoms. The van der Waals surface area contributed by atoms with E-state index in [9.17, 15) is 9.90 Å². The lowest BCUT2D eigenvalue weighted by molar-refractivity contribution is -0.137. The quantitative estimate of drug-likeness (QED) is 0.291. The number of hydrogen-bond donors (Lipinski definition) is 1. The summed E-state index contributed by atoms with van der Waals surface area (Å²) in [4.78, 5) is 14.4. The van der Waals surface area contributed by atoms with Gasteiger partial charge < -0.3 is 9.84 Å². The van der Waals surface area contributed by atoms with Crippen LogP contribution >= 0.6 is 11.6 Å². The van der Waals surface area contributed by atoms with E-state index < -0.39 is 11.9 Å². The molecule has 1 aliphatic rings. The van der Waals surface area contributed by atoms with Crippen LogP contribution in [0.5, 0.6) is 5.75 Å². The van der Waals surface area contributed by atoms with Crippen LogP contribution in [0.25, 0.3) is 11.0 Å². The second-order valence-electron chi connectivity index (χ2n) is 10.0. The van der Waals surface area contributed by atoms with Crippen LogP contribution in [0.15, 0.2) is 54.6 Å². The molecule has 0 aliphatic carbocycles. The summed E-state index contributed by atoms with van der Waals surface area (Å²) in [5.41, 5.74) is 6.64. The van der Waals surface area contributed by atoms with Crippen molar-refractivity contribution in [3.8, 4) is 5.75 Å². The van der Waals surface area contributed by atoms with Gasteiger partial charge in [0.05, 0.1) is 17.0 Å². The van der Waals surface area contributed by atoms with Gasteiger partial charge in [-0.3, -0.25) is 9.69 Å². The summed E-state index contributed by atoms with van der Waals surface area (Å²) < 4.78 is 8.08. The van der Waals surface area contributed by atoms with Crippen molar-refractivity contribution in [3.05, 3.63) is 87.4 Å². The van der Waals surface area contributed by atoms with Gasteiger partial charge in [0.15, 0.2) is 0 Å². The highest BCUT2D eigenvalue weighted by atomic mass is 35.5. The van der Waals surface area contributed by atoms with E-state index in [-0.39, 0.29) is 12.5 Å². The lowest BCUT2D eigenvalue weighted by Gasteiger charge is -2.25. The lowest BCUT2D eigenvalue weighted by Crippen LogP contribution is -2.32. The van der Waals surface area contributed by atoms with Crippen molar-refractivity contribution in [1.29, 1.82) is 0 Å². The highest BCUT2D eigenvalue weighted by molar-refractivity contribution is 6.35. The number of ether oxygens (including phenoxy) is 1. The van der Waals surface area contributed by atoms with Gasteiger partial charge in [0.25, 0.3) is 0 Å². The molecule has 1 N–H and O–H groups in total. The zero-order valence-corrected chi connectivity index (χ0v) is 22.8. The molecule has 0 fully saturated rings. The molecule has 5 rings (SSSR count). The Bertz CT molecular complexity index is 1470. The van der Waals surface area contributed by atoms with Gasteiger partial charge in [0.2, 0.25) is 0 Å². The molecular weight excluding hydrogens is 500 g/mol. The molecule has 0 radical (unpaired) electrons. The SMILES string of the molecule is CC[C@@H]1CN(Cc2cc(C(CC(=O)O)c3ccc4c(nnn4CC)c3Cl)ccc2C)Cc2ccccc2O1. The average Bonchev–Trinajstić information content (AvgIpc) is 3.24.